The molecule has 0 fully saturated rings. The van der Waals surface area contributed by atoms with Gasteiger partial charge in [-0.3, -0.25) is 4.79 Å². The van der Waals surface area contributed by atoms with Crippen LogP contribution in [0.1, 0.15) is 17.3 Å². The van der Waals surface area contributed by atoms with E-state index in [-0.39, 0.29) is 5.91 Å². The predicted octanol–water partition coefficient (Wildman–Crippen LogP) is 3.34. The van der Waals surface area contributed by atoms with Crippen molar-refractivity contribution in [3.8, 4) is 11.5 Å². The van der Waals surface area contributed by atoms with Crippen molar-refractivity contribution in [1.82, 2.24) is 20.6 Å². The molecule has 0 bridgehead atoms. The number of nitrogens with zero attached hydrogens (tertiary/aromatic N) is 3. The number of H-pyrrole nitrogens is 1. The second-order valence-electron chi connectivity index (χ2n) is 6.70. The summed E-state index contributed by atoms with van der Waals surface area (Å²) in [5, 5.41) is 19.2. The van der Waals surface area contributed by atoms with Gasteiger partial charge in [0.15, 0.2) is 17.3 Å². The lowest BCUT2D eigenvalue weighted by atomic mass is 9.96. The van der Waals surface area contributed by atoms with Crippen LogP contribution < -0.4 is 14.8 Å². The molecule has 0 saturated carbocycles. The van der Waals surface area contributed by atoms with Crippen molar-refractivity contribution in [2.75, 3.05) is 19.5 Å². The van der Waals surface area contributed by atoms with Crippen LogP contribution in [0.4, 0.5) is 5.69 Å². The van der Waals surface area contributed by atoms with Gasteiger partial charge in [-0.15, -0.1) is 10.2 Å². The lowest BCUT2D eigenvalue weighted by molar-refractivity contribution is -0.117. The lowest BCUT2D eigenvalue weighted by Gasteiger charge is -2.17. The molecule has 4 aromatic rings. The molecule has 2 N–H and O–H groups in total. The third-order valence-corrected chi connectivity index (χ3v) is 4.95. The van der Waals surface area contributed by atoms with Gasteiger partial charge in [0, 0.05) is 11.1 Å². The van der Waals surface area contributed by atoms with Crippen LogP contribution in [0.2, 0.25) is 0 Å². The van der Waals surface area contributed by atoms with E-state index >= 15 is 0 Å². The van der Waals surface area contributed by atoms with Crippen LogP contribution in [0.25, 0.3) is 10.8 Å². The first-order valence-corrected chi connectivity index (χ1v) is 9.43. The minimum atomic E-state index is -0.677. The highest BCUT2D eigenvalue weighted by molar-refractivity contribution is 6.04. The van der Waals surface area contributed by atoms with Gasteiger partial charge >= 0.3 is 0 Å². The highest BCUT2D eigenvalue weighted by Crippen LogP contribution is 2.34. The largest absolute Gasteiger partial charge is 0.493 e. The van der Waals surface area contributed by atoms with E-state index in [0.717, 1.165) is 22.0 Å². The van der Waals surface area contributed by atoms with Crippen LogP contribution in [-0.2, 0) is 11.2 Å². The summed E-state index contributed by atoms with van der Waals surface area (Å²) in [7, 11) is 3.15. The zero-order chi connectivity index (χ0) is 20.9. The number of hydrogen-bond donors (Lipinski definition) is 2. The Morgan fingerprint density at radius 1 is 1.03 bits per heavy atom. The fourth-order valence-corrected chi connectivity index (χ4v) is 3.51. The van der Waals surface area contributed by atoms with Crippen LogP contribution in [0.15, 0.2) is 60.7 Å². The Balaban J connectivity index is 1.68. The molecule has 0 aliphatic heterocycles. The van der Waals surface area contributed by atoms with Gasteiger partial charge < -0.3 is 14.8 Å². The number of ether oxygens (including phenoxy) is 2. The highest BCUT2D eigenvalue weighted by atomic mass is 16.5. The van der Waals surface area contributed by atoms with Crippen molar-refractivity contribution in [3.63, 3.8) is 0 Å². The maximum Gasteiger partial charge on any atom is 0.235 e. The standard InChI is InChI=1S/C22H21N5O3/c1-29-19-12-6-9-15(20(19)30-2)13-17(21-24-26-27-25-21)22(28)23-18-11-5-8-14-7-3-4-10-16(14)18/h3-12,17H,13H2,1-2H3,(H,23,28)(H,24,25,26,27). The van der Waals surface area contributed by atoms with Gasteiger partial charge in [0.25, 0.3) is 0 Å². The summed E-state index contributed by atoms with van der Waals surface area (Å²) in [4.78, 5) is 13.3. The third kappa shape index (κ3) is 3.80. The fourth-order valence-electron chi connectivity index (χ4n) is 3.51. The SMILES string of the molecule is COc1cccc(CC(C(=O)Nc2cccc3ccccc23)c2nn[nH]n2)c1OC. The number of aromatic nitrogens is 4. The first-order chi connectivity index (χ1) is 14.7. The van der Waals surface area contributed by atoms with Crippen LogP contribution in [0.3, 0.4) is 0 Å². The number of hydrogen-bond acceptors (Lipinski definition) is 6. The van der Waals surface area contributed by atoms with Crippen molar-refractivity contribution >= 4 is 22.4 Å². The van der Waals surface area contributed by atoms with E-state index in [4.69, 9.17) is 9.47 Å². The molecule has 152 valence electrons. The molecule has 0 aliphatic carbocycles. The molecule has 1 amide bonds. The van der Waals surface area contributed by atoms with E-state index in [1.165, 1.54) is 0 Å². The van der Waals surface area contributed by atoms with E-state index in [1.807, 2.05) is 60.7 Å². The number of amides is 1. The van der Waals surface area contributed by atoms with Crippen molar-refractivity contribution in [1.29, 1.82) is 0 Å². The topological polar surface area (TPSA) is 102 Å². The van der Waals surface area contributed by atoms with Gasteiger partial charge in [-0.05, 0) is 29.5 Å². The van der Waals surface area contributed by atoms with E-state index in [0.29, 0.717) is 23.7 Å². The molecule has 0 saturated heterocycles. The number of tetrazole rings is 1. The first kappa shape index (κ1) is 19.4. The molecule has 3 aromatic carbocycles. The molecule has 0 radical (unpaired) electrons. The van der Waals surface area contributed by atoms with E-state index in [9.17, 15) is 4.79 Å². The van der Waals surface area contributed by atoms with E-state index < -0.39 is 5.92 Å². The smallest absolute Gasteiger partial charge is 0.235 e. The molecular weight excluding hydrogens is 382 g/mol. The van der Waals surface area contributed by atoms with Crippen molar-refractivity contribution < 1.29 is 14.3 Å². The molecule has 0 spiro atoms. The number of carbonyl (C=O) groups is 1. The van der Waals surface area contributed by atoms with Gasteiger partial charge in [-0.2, -0.15) is 5.21 Å². The summed E-state index contributed by atoms with van der Waals surface area (Å²) in [5.41, 5.74) is 1.53. The maximum absolute atomic E-state index is 13.3. The van der Waals surface area contributed by atoms with Gasteiger partial charge in [0.05, 0.1) is 14.2 Å². The zero-order valence-corrected chi connectivity index (χ0v) is 16.6. The minimum Gasteiger partial charge on any atom is -0.493 e. The number of benzene rings is 3. The number of rotatable bonds is 7. The maximum atomic E-state index is 13.3. The molecule has 0 aliphatic rings. The van der Waals surface area contributed by atoms with Crippen LogP contribution in [-0.4, -0.2) is 40.8 Å². The molecule has 1 aromatic heterocycles. The summed E-state index contributed by atoms with van der Waals surface area (Å²) in [6, 6.07) is 19.2. The second-order valence-corrected chi connectivity index (χ2v) is 6.70. The number of fused-ring (bicyclic) bond motifs is 1. The summed E-state index contributed by atoms with van der Waals surface area (Å²) in [6.45, 7) is 0. The molecule has 1 unspecified atom stereocenters. The highest BCUT2D eigenvalue weighted by Gasteiger charge is 2.27. The number of aromatic amines is 1. The number of anilines is 1. The normalized spacial score (nSPS) is 11.8. The Bertz CT molecular complexity index is 1160. The summed E-state index contributed by atoms with van der Waals surface area (Å²) >= 11 is 0. The van der Waals surface area contributed by atoms with E-state index in [2.05, 4.69) is 25.9 Å². The molecule has 30 heavy (non-hydrogen) atoms. The average molecular weight is 403 g/mol. The van der Waals surface area contributed by atoms with Gasteiger partial charge in [-0.25, -0.2) is 0 Å². The van der Waals surface area contributed by atoms with Crippen LogP contribution in [0, 0.1) is 0 Å². The minimum absolute atomic E-state index is 0.238. The van der Waals surface area contributed by atoms with Gasteiger partial charge in [0.1, 0.15) is 5.92 Å². The van der Waals surface area contributed by atoms with Crippen molar-refractivity contribution in [2.24, 2.45) is 0 Å². The van der Waals surface area contributed by atoms with Crippen molar-refractivity contribution in [2.45, 2.75) is 12.3 Å². The van der Waals surface area contributed by atoms with Crippen LogP contribution >= 0.6 is 0 Å². The van der Waals surface area contributed by atoms with Gasteiger partial charge in [-0.1, -0.05) is 53.7 Å². The molecule has 1 atom stereocenters. The zero-order valence-electron chi connectivity index (χ0n) is 16.6. The summed E-state index contributed by atoms with van der Waals surface area (Å²) in [5.74, 6) is 0.557. The number of carbonyl (C=O) groups excluding carboxylic acids is 1. The lowest BCUT2D eigenvalue weighted by Crippen LogP contribution is -2.24. The molecular formula is C22H21N5O3. The van der Waals surface area contributed by atoms with Crippen molar-refractivity contribution in [3.05, 3.63) is 72.1 Å². The summed E-state index contributed by atoms with van der Waals surface area (Å²) < 4.78 is 10.9. The number of para-hydroxylation sites is 1. The fraction of sp³-hybridized carbons (Fsp3) is 0.182. The number of methoxy groups -OCH3 is 2. The molecule has 4 rings (SSSR count). The predicted molar refractivity (Wildman–Crippen MR) is 113 cm³/mol. The number of nitrogens with one attached hydrogen (secondary N) is 2. The Kier molecular flexibility index (Phi) is 5.56. The van der Waals surface area contributed by atoms with E-state index in [1.54, 1.807) is 14.2 Å². The summed E-state index contributed by atoms with van der Waals surface area (Å²) in [6.07, 6.45) is 0.316. The molecule has 8 nitrogen and oxygen atoms in total. The van der Waals surface area contributed by atoms with Gasteiger partial charge in [0.2, 0.25) is 5.91 Å². The Morgan fingerprint density at radius 3 is 2.60 bits per heavy atom. The second kappa shape index (κ2) is 8.60. The third-order valence-electron chi connectivity index (χ3n) is 4.95. The van der Waals surface area contributed by atoms with Crippen LogP contribution in [0.5, 0.6) is 11.5 Å². The first-order valence-electron chi connectivity index (χ1n) is 9.43. The molecule has 8 heteroatoms. The monoisotopic (exact) mass is 403 g/mol. The molecule has 1 heterocycles. The Hall–Kier alpha value is -3.94. The quantitative estimate of drug-likeness (QED) is 0.491. The Labute approximate surface area is 173 Å². The average Bonchev–Trinajstić information content (AvgIpc) is 3.31. The Morgan fingerprint density at radius 2 is 1.83 bits per heavy atom.